The van der Waals surface area contributed by atoms with E-state index in [1.165, 1.54) is 0 Å². The lowest BCUT2D eigenvalue weighted by molar-refractivity contribution is -0.684. The van der Waals surface area contributed by atoms with E-state index >= 15 is 0 Å². The Balaban J connectivity index is 1.73. The third kappa shape index (κ3) is 5.11. The van der Waals surface area contributed by atoms with Gasteiger partial charge in [0.15, 0.2) is 12.3 Å². The van der Waals surface area contributed by atoms with Gasteiger partial charge in [-0.05, 0) is 43.7 Å². The summed E-state index contributed by atoms with van der Waals surface area (Å²) in [5.74, 6) is 0.288. The van der Waals surface area contributed by atoms with Crippen molar-refractivity contribution in [1.82, 2.24) is 5.32 Å². The maximum absolute atomic E-state index is 11.9. The minimum Gasteiger partial charge on any atom is -0.463 e. The Morgan fingerprint density at radius 3 is 2.75 bits per heavy atom. The van der Waals surface area contributed by atoms with Crippen LogP contribution in [0, 0.1) is 6.92 Å². The Bertz CT molecular complexity index is 701. The molecule has 0 aliphatic carbocycles. The van der Waals surface area contributed by atoms with Crippen molar-refractivity contribution in [3.05, 3.63) is 52.9 Å². The van der Waals surface area contributed by atoms with E-state index in [-0.39, 0.29) is 30.9 Å². The number of hydrogen-bond acceptors (Lipinski definition) is 3. The average molecular weight is 351 g/mol. The van der Waals surface area contributed by atoms with Crippen LogP contribution in [0.5, 0.6) is 0 Å². The monoisotopic (exact) mass is 350 g/mol. The van der Waals surface area contributed by atoms with Crippen LogP contribution in [-0.2, 0) is 9.59 Å². The van der Waals surface area contributed by atoms with Crippen LogP contribution in [0.2, 0.25) is 5.02 Å². The van der Waals surface area contributed by atoms with Crippen LogP contribution >= 0.6 is 11.6 Å². The SMILES string of the molecule is Cc1c(Cl)cccc1NC(=O)CNC(=O)C[NH2+][C@H](C)c1ccco1. The molecule has 1 aromatic carbocycles. The zero-order chi connectivity index (χ0) is 17.5. The predicted octanol–water partition coefficient (Wildman–Crippen LogP) is 1.62. The molecule has 1 aromatic heterocycles. The number of halogens is 1. The van der Waals surface area contributed by atoms with Crippen molar-refractivity contribution in [1.29, 1.82) is 0 Å². The second-order valence-corrected chi connectivity index (χ2v) is 5.89. The third-order valence-corrected chi connectivity index (χ3v) is 4.05. The molecule has 4 N–H and O–H groups in total. The fourth-order valence-corrected chi connectivity index (χ4v) is 2.31. The van der Waals surface area contributed by atoms with E-state index in [4.69, 9.17) is 16.0 Å². The van der Waals surface area contributed by atoms with Gasteiger partial charge in [-0.1, -0.05) is 17.7 Å². The molecule has 0 fully saturated rings. The Hall–Kier alpha value is -2.31. The van der Waals surface area contributed by atoms with Crippen LogP contribution < -0.4 is 16.0 Å². The molecule has 2 aromatic rings. The number of quaternary nitrogens is 1. The predicted molar refractivity (Wildman–Crippen MR) is 91.7 cm³/mol. The second-order valence-electron chi connectivity index (χ2n) is 5.48. The molecule has 6 nitrogen and oxygen atoms in total. The van der Waals surface area contributed by atoms with Gasteiger partial charge in [0.05, 0.1) is 12.8 Å². The van der Waals surface area contributed by atoms with Crippen molar-refractivity contribution in [3.8, 4) is 0 Å². The minimum absolute atomic E-state index is 0.0358. The molecule has 0 saturated carbocycles. The van der Waals surface area contributed by atoms with Crippen molar-refractivity contribution in [2.24, 2.45) is 0 Å². The molecule has 1 heterocycles. The number of carbonyl (C=O) groups is 2. The summed E-state index contributed by atoms with van der Waals surface area (Å²) in [4.78, 5) is 23.7. The Morgan fingerprint density at radius 2 is 2.04 bits per heavy atom. The molecule has 2 rings (SSSR count). The van der Waals surface area contributed by atoms with Crippen molar-refractivity contribution in [3.63, 3.8) is 0 Å². The summed E-state index contributed by atoms with van der Waals surface area (Å²) in [6.07, 6.45) is 1.60. The summed E-state index contributed by atoms with van der Waals surface area (Å²) in [6, 6.07) is 8.98. The first-order chi connectivity index (χ1) is 11.5. The van der Waals surface area contributed by atoms with E-state index in [1.54, 1.807) is 24.5 Å². The highest BCUT2D eigenvalue weighted by atomic mass is 35.5. The molecule has 0 unspecified atom stereocenters. The topological polar surface area (TPSA) is 88.0 Å². The molecule has 0 spiro atoms. The van der Waals surface area contributed by atoms with Gasteiger partial charge in [0.2, 0.25) is 5.91 Å². The normalized spacial score (nSPS) is 11.8. The van der Waals surface area contributed by atoms with Crippen molar-refractivity contribution in [2.75, 3.05) is 18.4 Å². The van der Waals surface area contributed by atoms with Crippen molar-refractivity contribution < 1.29 is 19.3 Å². The van der Waals surface area contributed by atoms with E-state index in [0.29, 0.717) is 10.7 Å². The van der Waals surface area contributed by atoms with E-state index < -0.39 is 0 Å². The molecule has 0 bridgehead atoms. The van der Waals surface area contributed by atoms with E-state index in [0.717, 1.165) is 11.3 Å². The van der Waals surface area contributed by atoms with Gasteiger partial charge in [-0.15, -0.1) is 0 Å². The summed E-state index contributed by atoms with van der Waals surface area (Å²) in [5, 5.41) is 7.74. The summed E-state index contributed by atoms with van der Waals surface area (Å²) < 4.78 is 5.28. The van der Waals surface area contributed by atoms with Gasteiger partial charge in [0.25, 0.3) is 5.91 Å². The lowest BCUT2D eigenvalue weighted by atomic mass is 10.2. The molecule has 2 amide bonds. The number of nitrogens with one attached hydrogen (secondary N) is 2. The molecule has 24 heavy (non-hydrogen) atoms. The number of benzene rings is 1. The first kappa shape index (κ1) is 18.0. The minimum atomic E-state index is -0.298. The first-order valence-corrected chi connectivity index (χ1v) is 8.03. The molecule has 128 valence electrons. The van der Waals surface area contributed by atoms with Gasteiger partial charge in [0.1, 0.15) is 6.04 Å². The smallest absolute Gasteiger partial charge is 0.275 e. The number of hydrogen-bond donors (Lipinski definition) is 3. The van der Waals surface area contributed by atoms with Crippen LogP contribution in [0.3, 0.4) is 0 Å². The molecular weight excluding hydrogens is 330 g/mol. The Labute approximate surface area is 145 Å². The van der Waals surface area contributed by atoms with Gasteiger partial charge in [-0.2, -0.15) is 0 Å². The summed E-state index contributed by atoms with van der Waals surface area (Å²) in [5.41, 5.74) is 1.43. The van der Waals surface area contributed by atoms with E-state index in [2.05, 4.69) is 10.6 Å². The van der Waals surface area contributed by atoms with Gasteiger partial charge >= 0.3 is 0 Å². The van der Waals surface area contributed by atoms with Crippen LogP contribution in [0.15, 0.2) is 41.0 Å². The number of carbonyl (C=O) groups excluding carboxylic acids is 2. The Morgan fingerprint density at radius 1 is 1.25 bits per heavy atom. The molecule has 0 aliphatic rings. The maximum atomic E-state index is 11.9. The number of anilines is 1. The molecule has 0 radical (unpaired) electrons. The highest BCUT2D eigenvalue weighted by Gasteiger charge is 2.14. The van der Waals surface area contributed by atoms with Crippen LogP contribution in [0.4, 0.5) is 5.69 Å². The molecule has 0 aliphatic heterocycles. The van der Waals surface area contributed by atoms with Crippen molar-refractivity contribution >= 4 is 29.1 Å². The average Bonchev–Trinajstić information content (AvgIpc) is 3.09. The van der Waals surface area contributed by atoms with Gasteiger partial charge in [-0.3, -0.25) is 9.59 Å². The molecule has 1 atom stereocenters. The highest BCUT2D eigenvalue weighted by Crippen LogP contribution is 2.22. The molecule has 0 saturated heterocycles. The summed E-state index contributed by atoms with van der Waals surface area (Å²) in [6.45, 7) is 3.89. The zero-order valence-corrected chi connectivity index (χ0v) is 14.4. The van der Waals surface area contributed by atoms with E-state index in [9.17, 15) is 9.59 Å². The van der Waals surface area contributed by atoms with E-state index in [1.807, 2.05) is 31.3 Å². The second kappa shape index (κ2) is 8.52. The molecular formula is C17H21ClN3O3+. The largest absolute Gasteiger partial charge is 0.463 e. The highest BCUT2D eigenvalue weighted by molar-refractivity contribution is 6.31. The molecule has 7 heteroatoms. The quantitative estimate of drug-likeness (QED) is 0.709. The standard InChI is InChI=1S/C17H20ClN3O3/c1-11-13(18)5-3-6-14(11)21-17(23)10-20-16(22)9-19-12(2)15-7-4-8-24-15/h3-8,12,19H,9-10H2,1-2H3,(H,20,22)(H,21,23)/p+1/t12-/m1/s1. The number of rotatable bonds is 7. The lowest BCUT2D eigenvalue weighted by Gasteiger charge is -2.11. The van der Waals surface area contributed by atoms with Crippen LogP contribution in [0.1, 0.15) is 24.3 Å². The fourth-order valence-electron chi connectivity index (χ4n) is 2.14. The van der Waals surface area contributed by atoms with Gasteiger partial charge < -0.3 is 20.4 Å². The number of furan rings is 1. The zero-order valence-electron chi connectivity index (χ0n) is 13.6. The summed E-state index contributed by atoms with van der Waals surface area (Å²) in [7, 11) is 0. The van der Waals surface area contributed by atoms with Crippen molar-refractivity contribution in [2.45, 2.75) is 19.9 Å². The number of amides is 2. The third-order valence-electron chi connectivity index (χ3n) is 3.64. The number of nitrogens with two attached hydrogens (primary N) is 1. The first-order valence-electron chi connectivity index (χ1n) is 7.65. The maximum Gasteiger partial charge on any atom is 0.275 e. The fraction of sp³-hybridized carbons (Fsp3) is 0.294. The Kier molecular flexibility index (Phi) is 6.40. The summed E-state index contributed by atoms with van der Waals surface area (Å²) >= 11 is 6.01. The van der Waals surface area contributed by atoms with Crippen LogP contribution in [-0.4, -0.2) is 24.9 Å². The lowest BCUT2D eigenvalue weighted by Crippen LogP contribution is -2.87. The van der Waals surface area contributed by atoms with Gasteiger partial charge in [-0.25, -0.2) is 0 Å². The van der Waals surface area contributed by atoms with Gasteiger partial charge in [0, 0.05) is 10.7 Å². The van der Waals surface area contributed by atoms with Crippen LogP contribution in [0.25, 0.3) is 0 Å².